The third-order valence-corrected chi connectivity index (χ3v) is 12.3. The van der Waals surface area contributed by atoms with Gasteiger partial charge in [0, 0.05) is 19.3 Å². The van der Waals surface area contributed by atoms with Crippen LogP contribution in [0.1, 0.15) is 278 Å². The van der Waals surface area contributed by atoms with E-state index in [-0.39, 0.29) is 31.1 Å². The van der Waals surface area contributed by atoms with Crippen LogP contribution in [0.15, 0.2) is 85.1 Å². The molecule has 0 heterocycles. The van der Waals surface area contributed by atoms with Crippen molar-refractivity contribution >= 4 is 17.9 Å². The molecule has 1 atom stereocenters. The quantitative estimate of drug-likeness (QED) is 0.0262. The monoisotopic (exact) mass is 961 g/mol. The lowest BCUT2D eigenvalue weighted by atomic mass is 10.1. The van der Waals surface area contributed by atoms with Gasteiger partial charge in [0.05, 0.1) is 0 Å². The van der Waals surface area contributed by atoms with E-state index in [1.165, 1.54) is 135 Å². The molecule has 6 heteroatoms. The fourth-order valence-electron chi connectivity index (χ4n) is 7.92. The molecule has 0 radical (unpaired) electrons. The van der Waals surface area contributed by atoms with Gasteiger partial charge in [0.2, 0.25) is 0 Å². The minimum absolute atomic E-state index is 0.0943. The molecule has 0 aromatic carbocycles. The molecule has 0 aromatic heterocycles. The second kappa shape index (κ2) is 57.2. The maximum Gasteiger partial charge on any atom is 0.306 e. The molecule has 0 aromatic rings. The van der Waals surface area contributed by atoms with Gasteiger partial charge in [-0.15, -0.1) is 0 Å². The van der Waals surface area contributed by atoms with Crippen molar-refractivity contribution in [3.8, 4) is 0 Å². The Morgan fingerprint density at radius 1 is 0.290 bits per heavy atom. The van der Waals surface area contributed by atoms with E-state index in [9.17, 15) is 14.4 Å². The standard InChI is InChI=1S/C63H108O6/c1-4-7-10-13-16-19-22-25-28-30-31-33-35-38-41-44-47-50-53-56-62(65)68-59-60(58-67-61(64)55-52-49-46-43-40-37-34-27-24-21-18-15-12-9-6-3)69-63(66)57-54-51-48-45-42-39-36-32-29-26-23-20-17-14-11-8-5-2/h16-17,19-20,25-29,31,33-34,38,41,60H,4-15,18,21-24,30,32,35-37,39-40,42-59H2,1-3H3/b19-16-,20-17-,28-25-,29-26-,33-31-,34-27-,41-38-/t60-/m0/s1. The number of carbonyl (C=O) groups excluding carboxylic acids is 3. The zero-order valence-corrected chi connectivity index (χ0v) is 45.3. The molecule has 0 aliphatic heterocycles. The Morgan fingerprint density at radius 3 is 0.870 bits per heavy atom. The maximum absolute atomic E-state index is 12.9. The van der Waals surface area contributed by atoms with Crippen LogP contribution in [0.3, 0.4) is 0 Å². The van der Waals surface area contributed by atoms with Crippen LogP contribution in [0.5, 0.6) is 0 Å². The zero-order valence-electron chi connectivity index (χ0n) is 45.3. The highest BCUT2D eigenvalue weighted by atomic mass is 16.6. The van der Waals surface area contributed by atoms with E-state index in [0.717, 1.165) is 103 Å². The molecular weight excluding hydrogens is 853 g/mol. The fraction of sp³-hybridized carbons (Fsp3) is 0.730. The van der Waals surface area contributed by atoms with Crippen LogP contribution in [-0.2, 0) is 28.6 Å². The Hall–Kier alpha value is -3.41. The third-order valence-electron chi connectivity index (χ3n) is 12.3. The Bertz CT molecular complexity index is 1330. The summed E-state index contributed by atoms with van der Waals surface area (Å²) in [5.74, 6) is -0.936. The van der Waals surface area contributed by atoms with Gasteiger partial charge in [-0.2, -0.15) is 0 Å². The van der Waals surface area contributed by atoms with Crippen molar-refractivity contribution in [3.63, 3.8) is 0 Å². The van der Waals surface area contributed by atoms with Gasteiger partial charge in [-0.3, -0.25) is 14.4 Å². The van der Waals surface area contributed by atoms with Gasteiger partial charge in [-0.05, 0) is 122 Å². The molecule has 0 amide bonds. The van der Waals surface area contributed by atoms with Crippen molar-refractivity contribution < 1.29 is 28.6 Å². The summed E-state index contributed by atoms with van der Waals surface area (Å²) in [5, 5.41) is 0. The van der Waals surface area contributed by atoms with Gasteiger partial charge in [0.1, 0.15) is 13.2 Å². The number of hydrogen-bond acceptors (Lipinski definition) is 6. The predicted molar refractivity (Wildman–Crippen MR) is 297 cm³/mol. The average Bonchev–Trinajstić information content (AvgIpc) is 3.35. The van der Waals surface area contributed by atoms with Crippen LogP contribution in [0, 0.1) is 0 Å². The third kappa shape index (κ3) is 55.4. The molecule has 0 aliphatic rings. The van der Waals surface area contributed by atoms with E-state index in [1.807, 2.05) is 0 Å². The first kappa shape index (κ1) is 65.6. The maximum atomic E-state index is 12.9. The Morgan fingerprint density at radius 2 is 0.522 bits per heavy atom. The van der Waals surface area contributed by atoms with Crippen molar-refractivity contribution in [1.29, 1.82) is 0 Å². The lowest BCUT2D eigenvalue weighted by Crippen LogP contribution is -2.30. The summed E-state index contributed by atoms with van der Waals surface area (Å²) in [6, 6.07) is 0. The van der Waals surface area contributed by atoms with E-state index >= 15 is 0 Å². The highest BCUT2D eigenvalue weighted by molar-refractivity contribution is 5.71. The minimum Gasteiger partial charge on any atom is -0.462 e. The van der Waals surface area contributed by atoms with Gasteiger partial charge in [0.15, 0.2) is 6.10 Å². The summed E-state index contributed by atoms with van der Waals surface area (Å²) in [5.41, 5.74) is 0. The normalized spacial score (nSPS) is 12.7. The topological polar surface area (TPSA) is 78.9 Å². The van der Waals surface area contributed by atoms with Gasteiger partial charge in [-0.1, -0.05) is 221 Å². The summed E-state index contributed by atoms with van der Waals surface area (Å²) in [4.78, 5) is 38.2. The summed E-state index contributed by atoms with van der Waals surface area (Å²) < 4.78 is 16.8. The smallest absolute Gasteiger partial charge is 0.306 e. The number of hydrogen-bond donors (Lipinski definition) is 0. The number of carbonyl (C=O) groups is 3. The van der Waals surface area contributed by atoms with E-state index in [4.69, 9.17) is 14.2 Å². The summed E-state index contributed by atoms with van der Waals surface area (Å²) >= 11 is 0. The number of allylic oxidation sites excluding steroid dienone is 14. The number of unbranched alkanes of at least 4 members (excludes halogenated alkanes) is 27. The SMILES string of the molecule is CCCCC/C=C\C/C=C\C/C=C\C/C=C\CCCCCC(=O)OC[C@H](COC(=O)CCCCCCC/C=C\CCCCCCCC)OC(=O)CCCCCCCCC/C=C\C/C=C\CCCCC. The minimum atomic E-state index is -0.798. The molecular formula is C63H108O6. The average molecular weight is 962 g/mol. The van der Waals surface area contributed by atoms with Crippen molar-refractivity contribution in [2.24, 2.45) is 0 Å². The van der Waals surface area contributed by atoms with Crippen molar-refractivity contribution in [2.45, 2.75) is 284 Å². The molecule has 0 bridgehead atoms. The van der Waals surface area contributed by atoms with Crippen LogP contribution in [-0.4, -0.2) is 37.2 Å². The fourth-order valence-corrected chi connectivity index (χ4v) is 7.92. The van der Waals surface area contributed by atoms with Crippen molar-refractivity contribution in [2.75, 3.05) is 13.2 Å². The molecule has 0 spiro atoms. The van der Waals surface area contributed by atoms with E-state index in [1.54, 1.807) is 0 Å². The molecule has 0 saturated carbocycles. The predicted octanol–water partition coefficient (Wildman–Crippen LogP) is 19.5. The highest BCUT2D eigenvalue weighted by Gasteiger charge is 2.19. The van der Waals surface area contributed by atoms with Crippen LogP contribution in [0.4, 0.5) is 0 Å². The molecule has 0 saturated heterocycles. The Balaban J connectivity index is 4.47. The van der Waals surface area contributed by atoms with Crippen molar-refractivity contribution in [1.82, 2.24) is 0 Å². The molecule has 0 fully saturated rings. The van der Waals surface area contributed by atoms with Gasteiger partial charge < -0.3 is 14.2 Å². The Kier molecular flexibility index (Phi) is 54.3. The van der Waals surface area contributed by atoms with E-state index in [2.05, 4.69) is 106 Å². The van der Waals surface area contributed by atoms with Crippen LogP contribution < -0.4 is 0 Å². The first-order valence-corrected chi connectivity index (χ1v) is 29.1. The van der Waals surface area contributed by atoms with Crippen LogP contribution in [0.25, 0.3) is 0 Å². The molecule has 0 N–H and O–H groups in total. The summed E-state index contributed by atoms with van der Waals surface area (Å²) in [7, 11) is 0. The molecule has 0 unspecified atom stereocenters. The van der Waals surface area contributed by atoms with Crippen LogP contribution in [0.2, 0.25) is 0 Å². The summed E-state index contributed by atoms with van der Waals surface area (Å²) in [6.07, 6.45) is 74.2. The molecule has 0 aliphatic carbocycles. The lowest BCUT2D eigenvalue weighted by Gasteiger charge is -2.18. The van der Waals surface area contributed by atoms with Gasteiger partial charge in [-0.25, -0.2) is 0 Å². The lowest BCUT2D eigenvalue weighted by molar-refractivity contribution is -0.167. The largest absolute Gasteiger partial charge is 0.462 e. The summed E-state index contributed by atoms with van der Waals surface area (Å²) in [6.45, 7) is 6.55. The first-order valence-electron chi connectivity index (χ1n) is 29.1. The first-order chi connectivity index (χ1) is 34.0. The molecule has 6 nitrogen and oxygen atoms in total. The number of rotatable bonds is 52. The second-order valence-electron chi connectivity index (χ2n) is 19.2. The van der Waals surface area contributed by atoms with E-state index < -0.39 is 6.10 Å². The zero-order chi connectivity index (χ0) is 50.0. The van der Waals surface area contributed by atoms with Crippen LogP contribution >= 0.6 is 0 Å². The number of esters is 3. The van der Waals surface area contributed by atoms with Crippen molar-refractivity contribution in [3.05, 3.63) is 85.1 Å². The molecule has 396 valence electrons. The van der Waals surface area contributed by atoms with E-state index in [0.29, 0.717) is 19.3 Å². The molecule has 69 heavy (non-hydrogen) atoms. The second-order valence-corrected chi connectivity index (χ2v) is 19.2. The molecule has 0 rings (SSSR count). The Labute approximate surface area is 426 Å². The number of ether oxygens (including phenoxy) is 3. The van der Waals surface area contributed by atoms with Gasteiger partial charge >= 0.3 is 17.9 Å². The highest BCUT2D eigenvalue weighted by Crippen LogP contribution is 2.14. The van der Waals surface area contributed by atoms with Gasteiger partial charge in [0.25, 0.3) is 0 Å².